The fraction of sp³-hybridized carbons (Fsp3) is 0. The lowest BCUT2D eigenvalue weighted by atomic mass is 9.98. The average Bonchev–Trinajstić information content (AvgIpc) is 3.60. The molecule has 1 aliphatic rings. The summed E-state index contributed by atoms with van der Waals surface area (Å²) in [5, 5.41) is 5.86. The van der Waals surface area contributed by atoms with Gasteiger partial charge in [0.05, 0.1) is 16.9 Å². The van der Waals surface area contributed by atoms with Gasteiger partial charge in [0.2, 0.25) is 0 Å². The van der Waals surface area contributed by atoms with E-state index in [9.17, 15) is 0 Å². The Morgan fingerprint density at radius 2 is 1.00 bits per heavy atom. The Hall–Kier alpha value is -7.56. The third-order valence-corrected chi connectivity index (χ3v) is 10.9. The van der Waals surface area contributed by atoms with Gasteiger partial charge in [-0.3, -0.25) is 9.47 Å². The molecule has 264 valence electrons. The van der Waals surface area contributed by atoms with Gasteiger partial charge in [0.15, 0.2) is 17.3 Å². The molecule has 0 bridgehead atoms. The van der Waals surface area contributed by atoms with E-state index in [1.807, 2.05) is 6.07 Å². The predicted molar refractivity (Wildman–Crippen MR) is 233 cm³/mol. The van der Waals surface area contributed by atoms with Crippen LogP contribution in [0.1, 0.15) is 0 Å². The third kappa shape index (κ3) is 5.15. The number of benzene rings is 9. The minimum Gasteiger partial charge on any atom is -0.451 e. The van der Waals surface area contributed by atoms with Crippen LogP contribution in [-0.2, 0) is 0 Å². The zero-order valence-corrected chi connectivity index (χ0v) is 30.5. The number of aromatic nitrogens is 1. The average molecular weight is 718 g/mol. The number of fused-ring (bicyclic) bond motifs is 7. The van der Waals surface area contributed by atoms with Gasteiger partial charge in [-0.15, -0.1) is 0 Å². The molecule has 0 radical (unpaired) electrons. The van der Waals surface area contributed by atoms with E-state index < -0.39 is 0 Å². The summed E-state index contributed by atoms with van der Waals surface area (Å²) in [5.74, 6) is 2.59. The number of hydrogen-bond donors (Lipinski definition) is 0. The zero-order valence-electron chi connectivity index (χ0n) is 30.5. The number of nitrogens with zero attached hydrogens (tertiary/aromatic N) is 3. The lowest BCUT2D eigenvalue weighted by Gasteiger charge is -2.32. The number of ether oxygens (including phenoxy) is 1. The second-order valence-electron chi connectivity index (χ2n) is 14.2. The molecule has 11 rings (SSSR count). The predicted octanol–water partition coefficient (Wildman–Crippen LogP) is 14.6. The van der Waals surface area contributed by atoms with Crippen molar-refractivity contribution in [3.8, 4) is 28.3 Å². The van der Waals surface area contributed by atoms with Crippen molar-refractivity contribution in [1.82, 2.24) is 4.57 Å². The van der Waals surface area contributed by atoms with Gasteiger partial charge in [0.1, 0.15) is 0 Å². The number of rotatable bonds is 6. The van der Waals surface area contributed by atoms with Crippen molar-refractivity contribution < 1.29 is 4.74 Å². The highest BCUT2D eigenvalue weighted by atomic mass is 16.5. The maximum Gasteiger partial charge on any atom is 0.178 e. The van der Waals surface area contributed by atoms with Crippen LogP contribution in [-0.4, -0.2) is 4.57 Å². The molecule has 0 amide bonds. The Balaban J connectivity index is 1.19. The van der Waals surface area contributed by atoms with Crippen LogP contribution in [0.25, 0.3) is 49.3 Å². The van der Waals surface area contributed by atoms with Crippen molar-refractivity contribution in [2.75, 3.05) is 9.80 Å². The number of hydrogen-bond acceptors (Lipinski definition) is 3. The van der Waals surface area contributed by atoms with Gasteiger partial charge in [0, 0.05) is 33.5 Å². The summed E-state index contributed by atoms with van der Waals surface area (Å²) >= 11 is 0. The Kier molecular flexibility index (Phi) is 7.46. The van der Waals surface area contributed by atoms with Gasteiger partial charge in [-0.2, -0.15) is 0 Å². The van der Waals surface area contributed by atoms with E-state index in [4.69, 9.17) is 4.74 Å². The molecular weight excluding hydrogens is 683 g/mol. The Labute approximate surface area is 325 Å². The first kappa shape index (κ1) is 31.9. The van der Waals surface area contributed by atoms with Gasteiger partial charge in [-0.25, -0.2) is 0 Å². The lowest BCUT2D eigenvalue weighted by molar-refractivity contribution is 0.481. The van der Waals surface area contributed by atoms with Gasteiger partial charge < -0.3 is 9.64 Å². The van der Waals surface area contributed by atoms with Crippen molar-refractivity contribution in [3.05, 3.63) is 212 Å². The number of anilines is 6. The van der Waals surface area contributed by atoms with Gasteiger partial charge >= 0.3 is 0 Å². The Bertz CT molecular complexity index is 3050. The van der Waals surface area contributed by atoms with Crippen LogP contribution in [0.5, 0.6) is 11.5 Å². The first-order valence-electron chi connectivity index (χ1n) is 19.0. The van der Waals surface area contributed by atoms with E-state index in [1.54, 1.807) is 0 Å². The van der Waals surface area contributed by atoms with Crippen LogP contribution in [0.3, 0.4) is 0 Å². The second-order valence-corrected chi connectivity index (χ2v) is 14.2. The Morgan fingerprint density at radius 1 is 0.411 bits per heavy atom. The highest BCUT2D eigenvalue weighted by Crippen LogP contribution is 2.56. The van der Waals surface area contributed by atoms with Crippen LogP contribution in [0, 0.1) is 0 Å². The molecule has 0 N–H and O–H groups in total. The maximum atomic E-state index is 7.00. The minimum absolute atomic E-state index is 0.815. The molecule has 0 saturated carbocycles. The van der Waals surface area contributed by atoms with E-state index in [1.165, 1.54) is 32.7 Å². The fourth-order valence-electron chi connectivity index (χ4n) is 8.39. The highest BCUT2D eigenvalue weighted by Gasteiger charge is 2.33. The summed E-state index contributed by atoms with van der Waals surface area (Å²) in [4.78, 5) is 4.73. The summed E-state index contributed by atoms with van der Waals surface area (Å²) in [7, 11) is 0. The van der Waals surface area contributed by atoms with Crippen LogP contribution in [0.2, 0.25) is 0 Å². The van der Waals surface area contributed by atoms with Crippen molar-refractivity contribution >= 4 is 66.7 Å². The molecular formula is C52H35N3O. The maximum absolute atomic E-state index is 7.00. The topological polar surface area (TPSA) is 20.6 Å². The zero-order chi connectivity index (χ0) is 37.0. The smallest absolute Gasteiger partial charge is 0.178 e. The largest absolute Gasteiger partial charge is 0.451 e. The summed E-state index contributed by atoms with van der Waals surface area (Å²) in [5.41, 5.74) is 9.75. The highest BCUT2D eigenvalue weighted by molar-refractivity contribution is 6.15. The summed E-state index contributed by atoms with van der Waals surface area (Å²) in [6, 6.07) is 75.6. The molecule has 4 nitrogen and oxygen atoms in total. The SMILES string of the molecule is c1ccc(-c2ccc(N(c3ccc4c(c3)c3c(n4-c4ccccc4)N(c4ccccc4)c4ccccc4O3)c3cc4ccccc4c4ccccc34)cc2)cc1. The molecule has 0 aliphatic carbocycles. The molecule has 4 heteroatoms. The molecule has 10 aromatic rings. The standard InChI is InChI=1S/C52H35N3O/c1-4-16-36(17-5-1)37-28-30-41(31-29-37)53(49-34-38-18-10-11-23-43(38)44-24-12-13-25-45(44)49)42-32-33-47-46(35-42)51-52(54(47)39-19-6-2-7-20-39)55(40-21-8-3-9-22-40)48-26-14-15-27-50(48)56-51/h1-35H. The molecule has 0 atom stereocenters. The van der Waals surface area contributed by atoms with Crippen LogP contribution >= 0.6 is 0 Å². The molecule has 0 saturated heterocycles. The van der Waals surface area contributed by atoms with E-state index in [2.05, 4.69) is 221 Å². The molecule has 9 aromatic carbocycles. The molecule has 0 fully saturated rings. The minimum atomic E-state index is 0.815. The molecule has 1 aliphatic heterocycles. The first-order chi connectivity index (χ1) is 27.8. The summed E-state index contributed by atoms with van der Waals surface area (Å²) < 4.78 is 9.34. The van der Waals surface area contributed by atoms with Crippen molar-refractivity contribution in [3.63, 3.8) is 0 Å². The quantitative estimate of drug-likeness (QED) is 0.160. The molecule has 56 heavy (non-hydrogen) atoms. The fourth-order valence-corrected chi connectivity index (χ4v) is 8.39. The third-order valence-electron chi connectivity index (χ3n) is 10.9. The van der Waals surface area contributed by atoms with Crippen LogP contribution in [0.15, 0.2) is 212 Å². The Morgan fingerprint density at radius 3 is 1.77 bits per heavy atom. The van der Waals surface area contributed by atoms with E-state index in [-0.39, 0.29) is 0 Å². The molecule has 0 spiro atoms. The van der Waals surface area contributed by atoms with Crippen molar-refractivity contribution in [2.45, 2.75) is 0 Å². The van der Waals surface area contributed by atoms with Crippen molar-refractivity contribution in [1.29, 1.82) is 0 Å². The van der Waals surface area contributed by atoms with Crippen LogP contribution in [0.4, 0.5) is 34.3 Å². The van der Waals surface area contributed by atoms with Crippen LogP contribution < -0.4 is 14.5 Å². The van der Waals surface area contributed by atoms with E-state index in [0.29, 0.717) is 0 Å². The first-order valence-corrected chi connectivity index (χ1v) is 19.0. The van der Waals surface area contributed by atoms with Gasteiger partial charge in [0.25, 0.3) is 0 Å². The second kappa shape index (κ2) is 13.1. The monoisotopic (exact) mass is 717 g/mol. The summed E-state index contributed by atoms with van der Waals surface area (Å²) in [6.07, 6.45) is 0. The normalized spacial score (nSPS) is 12.0. The molecule has 2 heterocycles. The lowest BCUT2D eigenvalue weighted by Crippen LogP contribution is -2.18. The van der Waals surface area contributed by atoms with E-state index >= 15 is 0 Å². The summed E-state index contributed by atoms with van der Waals surface area (Å²) in [6.45, 7) is 0. The van der Waals surface area contributed by atoms with Gasteiger partial charge in [-0.1, -0.05) is 140 Å². The van der Waals surface area contributed by atoms with Crippen molar-refractivity contribution in [2.24, 2.45) is 0 Å². The number of para-hydroxylation sites is 4. The molecule has 0 unspecified atom stereocenters. The van der Waals surface area contributed by atoms with Gasteiger partial charge in [-0.05, 0) is 100 Å². The molecule has 1 aromatic heterocycles. The van der Waals surface area contributed by atoms with E-state index in [0.717, 1.165) is 62.3 Å².